The Bertz CT molecular complexity index is 1100. The summed E-state index contributed by atoms with van der Waals surface area (Å²) in [4.78, 5) is 1.27. The standard InChI is InChI=1S/C35H45FS/c1-26(29-15-11-8-9-12-16-29)14-10-6-4-5-7-13-17-32-27(2)34(33-23-20-30(36)25-35(32)33)24-28-18-21-31(37-3)22-19-28/h4-5,18-26,29H,6-17H2,1-3H3. The molecule has 0 aliphatic heterocycles. The van der Waals surface area contributed by atoms with Crippen LogP contribution in [0.3, 0.4) is 0 Å². The van der Waals surface area contributed by atoms with Crippen LogP contribution in [0.15, 0.2) is 65.1 Å². The van der Waals surface area contributed by atoms with Crippen molar-refractivity contribution in [2.75, 3.05) is 6.26 Å². The summed E-state index contributed by atoms with van der Waals surface area (Å²) >= 11 is 1.76. The highest BCUT2D eigenvalue weighted by atomic mass is 32.2. The topological polar surface area (TPSA) is 0 Å². The Balaban J connectivity index is 1.30. The van der Waals surface area contributed by atoms with E-state index < -0.39 is 0 Å². The highest BCUT2D eigenvalue weighted by Crippen LogP contribution is 2.44. The summed E-state index contributed by atoms with van der Waals surface area (Å²) in [5.74, 6) is 1.71. The minimum absolute atomic E-state index is 0.146. The lowest BCUT2D eigenvalue weighted by Crippen LogP contribution is -2.10. The molecule has 37 heavy (non-hydrogen) atoms. The maximum Gasteiger partial charge on any atom is 0.123 e. The zero-order valence-electron chi connectivity index (χ0n) is 23.2. The quantitative estimate of drug-likeness (QED) is 0.124. The second-order valence-corrected chi connectivity index (χ2v) is 12.0. The summed E-state index contributed by atoms with van der Waals surface area (Å²) in [7, 11) is 0. The van der Waals surface area contributed by atoms with Crippen molar-refractivity contribution in [2.24, 2.45) is 11.8 Å². The summed E-state index contributed by atoms with van der Waals surface area (Å²) < 4.78 is 14.2. The van der Waals surface area contributed by atoms with Gasteiger partial charge < -0.3 is 0 Å². The first-order valence-corrected chi connectivity index (χ1v) is 15.8. The molecule has 0 heterocycles. The minimum Gasteiger partial charge on any atom is -0.207 e. The van der Waals surface area contributed by atoms with E-state index in [4.69, 9.17) is 0 Å². The molecule has 2 heteroatoms. The number of hydrogen-bond acceptors (Lipinski definition) is 1. The zero-order chi connectivity index (χ0) is 26.0. The molecule has 2 aromatic carbocycles. The van der Waals surface area contributed by atoms with Crippen LogP contribution in [0.25, 0.3) is 17.2 Å². The highest BCUT2D eigenvalue weighted by Gasteiger charge is 2.24. The lowest BCUT2D eigenvalue weighted by molar-refractivity contribution is 0.299. The van der Waals surface area contributed by atoms with Gasteiger partial charge in [0, 0.05) is 4.90 Å². The van der Waals surface area contributed by atoms with E-state index in [1.54, 1.807) is 23.9 Å². The van der Waals surface area contributed by atoms with Crippen LogP contribution in [0, 0.1) is 17.7 Å². The molecule has 0 aromatic heterocycles. The number of fused-ring (bicyclic) bond motifs is 1. The number of hydrogen-bond donors (Lipinski definition) is 0. The van der Waals surface area contributed by atoms with Gasteiger partial charge in [-0.1, -0.05) is 82.2 Å². The summed E-state index contributed by atoms with van der Waals surface area (Å²) in [5, 5.41) is 0. The molecule has 0 bridgehead atoms. The van der Waals surface area contributed by atoms with Crippen LogP contribution >= 0.6 is 11.8 Å². The SMILES string of the molecule is CSc1ccc(C=C2C(C)=C(CCCC=CCCCC(C)C3CCCCCC3)c3cc(F)ccc32)cc1. The van der Waals surface area contributed by atoms with E-state index in [-0.39, 0.29) is 5.82 Å². The highest BCUT2D eigenvalue weighted by molar-refractivity contribution is 7.98. The maximum atomic E-state index is 14.2. The van der Waals surface area contributed by atoms with E-state index in [1.807, 2.05) is 6.07 Å². The molecular weight excluding hydrogens is 471 g/mol. The molecule has 2 aliphatic rings. The first-order chi connectivity index (χ1) is 18.1. The molecule has 2 aromatic rings. The van der Waals surface area contributed by atoms with Gasteiger partial charge in [-0.25, -0.2) is 4.39 Å². The second-order valence-electron chi connectivity index (χ2n) is 11.1. The first-order valence-electron chi connectivity index (χ1n) is 14.6. The third-order valence-corrected chi connectivity index (χ3v) is 9.32. The number of thioether (sulfide) groups is 1. The van der Waals surface area contributed by atoms with Crippen LogP contribution in [0.4, 0.5) is 4.39 Å². The number of rotatable bonds is 11. The number of halogens is 1. The Hall–Kier alpha value is -2.06. The van der Waals surface area contributed by atoms with Gasteiger partial charge in [-0.2, -0.15) is 0 Å². The Labute approximate surface area is 229 Å². The van der Waals surface area contributed by atoms with Gasteiger partial charge in [0.1, 0.15) is 5.82 Å². The van der Waals surface area contributed by atoms with Gasteiger partial charge >= 0.3 is 0 Å². The third-order valence-electron chi connectivity index (χ3n) is 8.58. The summed E-state index contributed by atoms with van der Waals surface area (Å²) in [6.45, 7) is 4.70. The first kappa shape index (κ1) is 28.0. The molecule has 0 N–H and O–H groups in total. The van der Waals surface area contributed by atoms with Crippen molar-refractivity contribution in [3.05, 3.63) is 82.7 Å². The summed E-state index contributed by atoms with van der Waals surface area (Å²) in [5.41, 5.74) is 7.29. The van der Waals surface area contributed by atoms with E-state index in [0.717, 1.165) is 36.7 Å². The predicted octanol–water partition coefficient (Wildman–Crippen LogP) is 11.4. The molecule has 0 saturated heterocycles. The fourth-order valence-electron chi connectivity index (χ4n) is 6.25. The summed E-state index contributed by atoms with van der Waals surface area (Å²) in [6, 6.07) is 14.0. The number of allylic oxidation sites excluding steroid dienone is 5. The van der Waals surface area contributed by atoms with Crippen LogP contribution in [-0.4, -0.2) is 6.26 Å². The van der Waals surface area contributed by atoms with E-state index in [9.17, 15) is 4.39 Å². The Morgan fingerprint density at radius 1 is 0.919 bits per heavy atom. The molecule has 0 nitrogen and oxygen atoms in total. The van der Waals surface area contributed by atoms with Gasteiger partial charge in [-0.05, 0) is 121 Å². The van der Waals surface area contributed by atoms with Crippen LogP contribution in [0.1, 0.15) is 108 Å². The summed E-state index contributed by atoms with van der Waals surface area (Å²) in [6.07, 6.45) is 24.9. The van der Waals surface area contributed by atoms with Crippen molar-refractivity contribution in [3.8, 4) is 0 Å². The van der Waals surface area contributed by atoms with Gasteiger partial charge in [0.15, 0.2) is 0 Å². The monoisotopic (exact) mass is 516 g/mol. The van der Waals surface area contributed by atoms with Crippen molar-refractivity contribution in [2.45, 2.75) is 95.8 Å². The number of unbranched alkanes of at least 4 members (excludes halogenated alkanes) is 2. The third kappa shape index (κ3) is 7.73. The molecule has 1 saturated carbocycles. The molecule has 2 aliphatic carbocycles. The smallest absolute Gasteiger partial charge is 0.123 e. The largest absolute Gasteiger partial charge is 0.207 e. The van der Waals surface area contributed by atoms with E-state index in [0.29, 0.717) is 0 Å². The van der Waals surface area contributed by atoms with Crippen LogP contribution in [0.5, 0.6) is 0 Å². The molecule has 0 amide bonds. The fourth-order valence-corrected chi connectivity index (χ4v) is 6.66. The van der Waals surface area contributed by atoms with Crippen molar-refractivity contribution in [1.29, 1.82) is 0 Å². The van der Waals surface area contributed by atoms with Gasteiger partial charge in [-0.15, -0.1) is 11.8 Å². The van der Waals surface area contributed by atoms with E-state index in [1.165, 1.54) is 90.5 Å². The second kappa shape index (κ2) is 14.2. The van der Waals surface area contributed by atoms with Crippen LogP contribution in [0.2, 0.25) is 0 Å². The molecular formula is C35H45FS. The Morgan fingerprint density at radius 2 is 1.62 bits per heavy atom. The minimum atomic E-state index is -0.146. The average molecular weight is 517 g/mol. The molecule has 1 fully saturated rings. The van der Waals surface area contributed by atoms with Gasteiger partial charge in [-0.3, -0.25) is 0 Å². The molecule has 4 rings (SSSR count). The van der Waals surface area contributed by atoms with Crippen molar-refractivity contribution >= 4 is 29.0 Å². The predicted molar refractivity (Wildman–Crippen MR) is 162 cm³/mol. The van der Waals surface area contributed by atoms with Crippen molar-refractivity contribution in [1.82, 2.24) is 0 Å². The Kier molecular flexibility index (Phi) is 10.7. The lowest BCUT2D eigenvalue weighted by atomic mass is 9.84. The molecule has 0 spiro atoms. The average Bonchev–Trinajstić information content (AvgIpc) is 3.07. The molecule has 0 radical (unpaired) electrons. The Morgan fingerprint density at radius 3 is 2.32 bits per heavy atom. The van der Waals surface area contributed by atoms with Crippen LogP contribution < -0.4 is 0 Å². The molecule has 198 valence electrons. The van der Waals surface area contributed by atoms with Crippen molar-refractivity contribution in [3.63, 3.8) is 0 Å². The van der Waals surface area contributed by atoms with Crippen LogP contribution in [-0.2, 0) is 0 Å². The van der Waals surface area contributed by atoms with Gasteiger partial charge in [0.2, 0.25) is 0 Å². The normalized spacial score (nSPS) is 18.5. The number of benzene rings is 2. The fraction of sp³-hybridized carbons (Fsp3) is 0.486. The van der Waals surface area contributed by atoms with Crippen molar-refractivity contribution < 1.29 is 4.39 Å². The zero-order valence-corrected chi connectivity index (χ0v) is 24.0. The molecule has 1 unspecified atom stereocenters. The van der Waals surface area contributed by atoms with Gasteiger partial charge in [0.05, 0.1) is 0 Å². The van der Waals surface area contributed by atoms with E-state index in [2.05, 4.69) is 62.6 Å². The lowest BCUT2D eigenvalue weighted by Gasteiger charge is -2.22. The van der Waals surface area contributed by atoms with E-state index >= 15 is 0 Å². The van der Waals surface area contributed by atoms with Gasteiger partial charge in [0.25, 0.3) is 0 Å². The molecule has 1 atom stereocenters. The maximum absolute atomic E-state index is 14.2.